The Morgan fingerprint density at radius 3 is 1.13 bits per heavy atom. The van der Waals surface area contributed by atoms with E-state index in [9.17, 15) is 19.2 Å². The molecule has 8 bridgehead atoms. The zero-order valence-electron chi connectivity index (χ0n) is 48.8. The summed E-state index contributed by atoms with van der Waals surface area (Å²) >= 11 is 0. The molecule has 0 fully saturated rings. The maximum atomic E-state index is 14.0. The number of anilines is 4. The van der Waals surface area contributed by atoms with E-state index in [4.69, 9.17) is 42.9 Å². The molecule has 84 heavy (non-hydrogen) atoms. The summed E-state index contributed by atoms with van der Waals surface area (Å²) in [5.74, 6) is 0.154. The Hall–Kier alpha value is -9.47. The smallest absolute Gasteiger partial charge is 0.253 e. The number of hydrogen-bond acceptors (Lipinski definition) is 13. The molecule has 4 amide bonds. The molecule has 0 spiro atoms. The highest BCUT2D eigenvalue weighted by atomic mass is 16.5. The Kier molecular flexibility index (Phi) is 18.1. The molecule has 2 aliphatic rings. The Morgan fingerprint density at radius 1 is 0.405 bits per heavy atom. The SMILES string of the molecule is COc1cccc(OC)c1/C1=c2\cc/c([nH]2)=C(\c2c(NC(=O)[C@@H](C)OC)cccc2NC(=O)[C@@H](C)OC)C2=NC(C=C2)/C(c2c(OC)cccc2OC)=c2/cc/c([nH]2)=C(\c2c(NC(=O)[C@@H](C)OC)cccc2NC(=O)[C@@H](C)OC)c2ccc1[nH]2. The third-order valence-corrected chi connectivity index (χ3v) is 14.9. The van der Waals surface area contributed by atoms with Crippen molar-refractivity contribution < 1.29 is 57.1 Å². The summed E-state index contributed by atoms with van der Waals surface area (Å²) in [6.45, 7) is 6.55. The summed E-state index contributed by atoms with van der Waals surface area (Å²) in [5, 5.41) is 14.5. The lowest BCUT2D eigenvalue weighted by Gasteiger charge is -2.21. The fourth-order valence-corrected chi connectivity index (χ4v) is 10.1. The van der Waals surface area contributed by atoms with Crippen LogP contribution in [-0.4, -0.2) is 132 Å². The second kappa shape index (κ2) is 25.8. The van der Waals surface area contributed by atoms with Crippen molar-refractivity contribution in [2.75, 3.05) is 78.1 Å². The van der Waals surface area contributed by atoms with Gasteiger partial charge in [-0.2, -0.15) is 0 Å². The van der Waals surface area contributed by atoms with E-state index in [2.05, 4.69) is 36.2 Å². The number of H-pyrrole nitrogens is 3. The van der Waals surface area contributed by atoms with Gasteiger partial charge in [-0.05, 0) is 119 Å². The minimum absolute atomic E-state index is 0.338. The van der Waals surface area contributed by atoms with Crippen molar-refractivity contribution in [3.05, 3.63) is 176 Å². The Balaban J connectivity index is 1.50. The number of carbonyl (C=O) groups excluding carboxylic acids is 4. The third-order valence-electron chi connectivity index (χ3n) is 14.9. The number of benzene rings is 4. The van der Waals surface area contributed by atoms with Crippen molar-refractivity contribution in [3.63, 3.8) is 0 Å². The Morgan fingerprint density at radius 2 is 0.738 bits per heavy atom. The standard InChI is InChI=1S/C64H68N8O12/c1-33(77-5)61(73)69-37-17-13-18-38(70-62(74)34(2)78-6)53(37)55-41-25-29-45(65-41)57(59-49(81-9)21-15-22-50(59)82-10)47-31-27-43(67-47)56(54-39(71-63(75)35(3)79-7)19-14-20-40(54)72-64(76)36(4)80-8)44-28-32-48(68-44)58(46-30-26-42(55)66-46)60-51(83-11)23-16-24-52(60)84-12/h13-36,45,66-68H,1-12H3,(H,69,73)(H,70,74)(H,71,75)(H,72,76)/b55-42+,56-43+,57-47+,58-46+/t33-,34-,35-,36-,45?/m1/s1. The molecule has 2 aliphatic heterocycles. The van der Waals surface area contributed by atoms with Gasteiger partial charge >= 0.3 is 0 Å². The molecule has 5 atom stereocenters. The molecule has 20 nitrogen and oxygen atoms in total. The molecule has 7 N–H and O–H groups in total. The van der Waals surface area contributed by atoms with Crippen LogP contribution in [0.25, 0.3) is 22.3 Å². The van der Waals surface area contributed by atoms with Crippen LogP contribution in [0.4, 0.5) is 22.7 Å². The first kappa shape index (κ1) is 59.2. The second-order valence-corrected chi connectivity index (χ2v) is 19.7. The number of aliphatic imine (C=N–C) groups is 1. The van der Waals surface area contributed by atoms with Crippen molar-refractivity contribution in [1.29, 1.82) is 0 Å². The number of aromatic nitrogens is 3. The second-order valence-electron chi connectivity index (χ2n) is 19.7. The average molecular weight is 1140 g/mol. The quantitative estimate of drug-likeness (QED) is 0.0473. The highest BCUT2D eigenvalue weighted by Crippen LogP contribution is 2.42. The first-order valence-corrected chi connectivity index (χ1v) is 27.0. The van der Waals surface area contributed by atoms with Gasteiger partial charge in [0.2, 0.25) is 0 Å². The predicted molar refractivity (Wildman–Crippen MR) is 322 cm³/mol. The highest BCUT2D eigenvalue weighted by Gasteiger charge is 2.32. The molecule has 0 saturated heterocycles. The molecule has 20 heteroatoms. The van der Waals surface area contributed by atoms with Crippen molar-refractivity contribution in [1.82, 2.24) is 15.0 Å². The number of nitrogens with one attached hydrogen (secondary N) is 7. The summed E-state index contributed by atoms with van der Waals surface area (Å²) in [6.07, 6.45) is 0.413. The van der Waals surface area contributed by atoms with Gasteiger partial charge in [0.05, 0.1) is 74.1 Å². The van der Waals surface area contributed by atoms with Gasteiger partial charge in [0.1, 0.15) is 47.4 Å². The minimum atomic E-state index is -0.858. The van der Waals surface area contributed by atoms with Crippen molar-refractivity contribution in [2.24, 2.45) is 4.99 Å². The van der Waals surface area contributed by atoms with E-state index in [-0.39, 0.29) is 0 Å². The molecule has 1 unspecified atom stereocenters. The van der Waals surface area contributed by atoms with Gasteiger partial charge in [-0.3, -0.25) is 24.2 Å². The summed E-state index contributed by atoms with van der Waals surface area (Å²) in [5.41, 5.74) is 7.14. The summed E-state index contributed by atoms with van der Waals surface area (Å²) in [4.78, 5) is 72.7. The number of methoxy groups -OCH3 is 8. The zero-order valence-corrected chi connectivity index (χ0v) is 48.8. The molecule has 4 aromatic carbocycles. The molecule has 0 aliphatic carbocycles. The van der Waals surface area contributed by atoms with E-state index >= 15 is 0 Å². The van der Waals surface area contributed by atoms with Gasteiger partial charge in [-0.15, -0.1) is 0 Å². The van der Waals surface area contributed by atoms with E-state index in [0.29, 0.717) is 129 Å². The zero-order chi connectivity index (χ0) is 59.9. The molecule has 9 rings (SSSR count). The monoisotopic (exact) mass is 1140 g/mol. The Bertz CT molecular complexity index is 3870. The van der Waals surface area contributed by atoms with Gasteiger partial charge in [0.15, 0.2) is 0 Å². The van der Waals surface area contributed by atoms with Crippen LogP contribution < -0.4 is 61.6 Å². The number of nitrogens with zero attached hydrogens (tertiary/aromatic N) is 1. The number of amides is 4. The van der Waals surface area contributed by atoms with Crippen LogP contribution in [0, 0.1) is 0 Å². The lowest BCUT2D eigenvalue weighted by molar-refractivity contribution is -0.125. The molecular formula is C64H68N8O12. The number of fused-ring (bicyclic) bond motifs is 7. The van der Waals surface area contributed by atoms with Crippen molar-refractivity contribution in [2.45, 2.75) is 58.2 Å². The number of aromatic amines is 3. The average Bonchev–Trinajstić information content (AvgIpc) is 1.88. The number of rotatable bonds is 20. The van der Waals surface area contributed by atoms with Gasteiger partial charge < -0.3 is 74.1 Å². The first-order valence-electron chi connectivity index (χ1n) is 27.0. The lowest BCUT2D eigenvalue weighted by Crippen LogP contribution is -2.30. The normalized spacial score (nSPS) is 17.7. The fraction of sp³-hybridized carbons (Fsp3) is 0.266. The largest absolute Gasteiger partial charge is 0.496 e. The number of allylic oxidation sites excluding steroid dienone is 1. The first-order chi connectivity index (χ1) is 40.6. The molecular weight excluding hydrogens is 1070 g/mol. The van der Waals surface area contributed by atoms with E-state index < -0.39 is 54.1 Å². The Labute approximate surface area is 485 Å². The lowest BCUT2D eigenvalue weighted by atomic mass is 9.96. The number of carbonyl (C=O) groups is 4. The van der Waals surface area contributed by atoms with Gasteiger partial charge in [0, 0.05) is 94.6 Å². The summed E-state index contributed by atoms with van der Waals surface area (Å²) in [7, 11) is 12.1. The van der Waals surface area contributed by atoms with Crippen molar-refractivity contribution >= 4 is 74.4 Å². The van der Waals surface area contributed by atoms with Gasteiger partial charge in [-0.25, -0.2) is 0 Å². The predicted octanol–water partition coefficient (Wildman–Crippen LogP) is 5.88. The summed E-state index contributed by atoms with van der Waals surface area (Å²) in [6, 6.07) is 32.2. The van der Waals surface area contributed by atoms with E-state index in [1.807, 2.05) is 84.9 Å². The molecule has 3 aromatic heterocycles. The maximum Gasteiger partial charge on any atom is 0.253 e. The topological polar surface area (TPSA) is 250 Å². The van der Waals surface area contributed by atoms with Crippen LogP contribution in [0.15, 0.2) is 126 Å². The van der Waals surface area contributed by atoms with Crippen LogP contribution >= 0.6 is 0 Å². The molecule has 0 radical (unpaired) electrons. The molecule has 7 aromatic rings. The van der Waals surface area contributed by atoms with Crippen LogP contribution in [0.5, 0.6) is 23.0 Å². The summed E-state index contributed by atoms with van der Waals surface area (Å²) < 4.78 is 46.4. The number of hydrogen-bond donors (Lipinski definition) is 7. The van der Waals surface area contributed by atoms with Crippen LogP contribution in [0.1, 0.15) is 61.3 Å². The molecule has 436 valence electrons. The van der Waals surface area contributed by atoms with Crippen LogP contribution in [0.3, 0.4) is 0 Å². The minimum Gasteiger partial charge on any atom is -0.496 e. The van der Waals surface area contributed by atoms with E-state index in [1.54, 1.807) is 92.5 Å². The number of ether oxygens (including phenoxy) is 8. The van der Waals surface area contributed by atoms with E-state index in [1.165, 1.54) is 28.4 Å². The van der Waals surface area contributed by atoms with Crippen molar-refractivity contribution in [3.8, 4) is 23.0 Å². The van der Waals surface area contributed by atoms with Gasteiger partial charge in [0.25, 0.3) is 23.6 Å². The van der Waals surface area contributed by atoms with Crippen LogP contribution in [0.2, 0.25) is 0 Å². The fourth-order valence-electron chi connectivity index (χ4n) is 10.1. The van der Waals surface area contributed by atoms with Gasteiger partial charge in [-0.1, -0.05) is 30.3 Å². The maximum absolute atomic E-state index is 14.0. The van der Waals surface area contributed by atoms with E-state index in [0.717, 1.165) is 0 Å². The van der Waals surface area contributed by atoms with Crippen LogP contribution in [-0.2, 0) is 38.1 Å². The molecule has 0 saturated carbocycles. The molecule has 5 heterocycles. The highest BCUT2D eigenvalue weighted by molar-refractivity contribution is 6.32. The third kappa shape index (κ3) is 11.6.